The lowest BCUT2D eigenvalue weighted by Gasteiger charge is -2.15. The number of nitrogens with two attached hydrogens (primary N) is 1. The van der Waals surface area contributed by atoms with Gasteiger partial charge in [0.05, 0.1) is 0 Å². The van der Waals surface area contributed by atoms with Gasteiger partial charge in [-0.05, 0) is 12.1 Å². The topological polar surface area (TPSA) is 58.4 Å². The lowest BCUT2D eigenvalue weighted by atomic mass is 10.3. The summed E-state index contributed by atoms with van der Waals surface area (Å²) in [5.41, 5.74) is 2.86. The highest BCUT2D eigenvalue weighted by Crippen LogP contribution is 2.09. The quantitative estimate of drug-likeness (QED) is 0.365. The average molecular weight is 165 g/mol. The molecule has 0 unspecified atom stereocenters. The van der Waals surface area contributed by atoms with Crippen LogP contribution in [-0.2, 0) is 0 Å². The van der Waals surface area contributed by atoms with Crippen molar-refractivity contribution in [1.29, 1.82) is 0 Å². The third kappa shape index (κ3) is 1.73. The van der Waals surface area contributed by atoms with Gasteiger partial charge in [-0.25, -0.2) is 10.6 Å². The van der Waals surface area contributed by atoms with E-state index in [1.165, 1.54) is 4.90 Å². The summed E-state index contributed by atoms with van der Waals surface area (Å²) in [7, 11) is 1.65. The van der Waals surface area contributed by atoms with Gasteiger partial charge in [0, 0.05) is 12.7 Å². The van der Waals surface area contributed by atoms with Crippen LogP contribution in [0.4, 0.5) is 10.5 Å². The van der Waals surface area contributed by atoms with Crippen LogP contribution in [-0.4, -0.2) is 13.1 Å². The van der Waals surface area contributed by atoms with E-state index in [1.54, 1.807) is 7.05 Å². The zero-order valence-electron chi connectivity index (χ0n) is 6.82. The molecule has 4 nitrogen and oxygen atoms in total. The zero-order valence-corrected chi connectivity index (χ0v) is 6.82. The first-order valence-electron chi connectivity index (χ1n) is 3.55. The summed E-state index contributed by atoms with van der Waals surface area (Å²) in [6, 6.07) is 8.93. The van der Waals surface area contributed by atoms with Crippen LogP contribution < -0.4 is 16.2 Å². The Morgan fingerprint density at radius 2 is 2.00 bits per heavy atom. The van der Waals surface area contributed by atoms with Gasteiger partial charge in [0.1, 0.15) is 0 Å². The first-order chi connectivity index (χ1) is 5.75. The van der Waals surface area contributed by atoms with Crippen LogP contribution in [0.15, 0.2) is 30.3 Å². The maximum atomic E-state index is 11.0. The van der Waals surface area contributed by atoms with Crippen LogP contribution in [0.3, 0.4) is 0 Å². The molecule has 12 heavy (non-hydrogen) atoms. The predicted molar refractivity (Wildman–Crippen MR) is 47.6 cm³/mol. The molecule has 0 saturated heterocycles. The minimum Gasteiger partial charge on any atom is -0.296 e. The number of hydrogen-bond donors (Lipinski definition) is 2. The third-order valence-electron chi connectivity index (χ3n) is 1.57. The SMILES string of the molecule is CN(C(=O)NN)c1ccccc1. The Labute approximate surface area is 70.9 Å². The fourth-order valence-electron chi connectivity index (χ4n) is 0.866. The first-order valence-corrected chi connectivity index (χ1v) is 3.55. The van der Waals surface area contributed by atoms with E-state index in [0.717, 1.165) is 5.69 Å². The minimum atomic E-state index is -0.332. The molecular formula is C8H11N3O. The van der Waals surface area contributed by atoms with Crippen LogP contribution in [0.2, 0.25) is 0 Å². The van der Waals surface area contributed by atoms with Crippen molar-refractivity contribution in [3.05, 3.63) is 30.3 Å². The highest BCUT2D eigenvalue weighted by molar-refractivity contribution is 5.90. The zero-order chi connectivity index (χ0) is 8.97. The van der Waals surface area contributed by atoms with Gasteiger partial charge in [0.15, 0.2) is 0 Å². The molecule has 0 radical (unpaired) electrons. The molecule has 0 heterocycles. The van der Waals surface area contributed by atoms with Crippen molar-refractivity contribution in [2.75, 3.05) is 11.9 Å². The molecule has 4 heteroatoms. The van der Waals surface area contributed by atoms with E-state index in [2.05, 4.69) is 5.43 Å². The van der Waals surface area contributed by atoms with Crippen molar-refractivity contribution >= 4 is 11.7 Å². The van der Waals surface area contributed by atoms with Crippen molar-refractivity contribution in [1.82, 2.24) is 5.43 Å². The Kier molecular flexibility index (Phi) is 2.66. The van der Waals surface area contributed by atoms with Crippen molar-refractivity contribution in [2.24, 2.45) is 5.84 Å². The van der Waals surface area contributed by atoms with Gasteiger partial charge in [0.2, 0.25) is 0 Å². The maximum Gasteiger partial charge on any atom is 0.335 e. The van der Waals surface area contributed by atoms with E-state index in [4.69, 9.17) is 5.84 Å². The van der Waals surface area contributed by atoms with Crippen LogP contribution in [0.25, 0.3) is 0 Å². The second-order valence-corrected chi connectivity index (χ2v) is 2.34. The van der Waals surface area contributed by atoms with Gasteiger partial charge < -0.3 is 0 Å². The number of anilines is 1. The molecule has 0 bridgehead atoms. The number of para-hydroxylation sites is 1. The smallest absolute Gasteiger partial charge is 0.296 e. The van der Waals surface area contributed by atoms with E-state index in [-0.39, 0.29) is 6.03 Å². The minimum absolute atomic E-state index is 0.332. The number of hydrazine groups is 1. The second kappa shape index (κ2) is 3.73. The molecule has 0 spiro atoms. The van der Waals surface area contributed by atoms with Crippen molar-refractivity contribution < 1.29 is 4.79 Å². The number of carbonyl (C=O) groups is 1. The predicted octanol–water partition coefficient (Wildman–Crippen LogP) is 0.706. The maximum absolute atomic E-state index is 11.0. The van der Waals surface area contributed by atoms with Gasteiger partial charge in [-0.1, -0.05) is 18.2 Å². The molecule has 0 fully saturated rings. The number of carbonyl (C=O) groups excluding carboxylic acids is 1. The molecule has 1 rings (SSSR count). The molecular weight excluding hydrogens is 154 g/mol. The molecule has 1 aromatic carbocycles. The largest absolute Gasteiger partial charge is 0.335 e. The highest BCUT2D eigenvalue weighted by Gasteiger charge is 2.06. The molecule has 64 valence electrons. The molecule has 0 aliphatic rings. The number of rotatable bonds is 1. The molecule has 0 atom stereocenters. The molecule has 0 aliphatic heterocycles. The Hall–Kier alpha value is -1.55. The summed E-state index contributed by atoms with van der Waals surface area (Å²) >= 11 is 0. The summed E-state index contributed by atoms with van der Waals surface area (Å²) in [5.74, 6) is 4.97. The van der Waals surface area contributed by atoms with Gasteiger partial charge >= 0.3 is 6.03 Å². The second-order valence-electron chi connectivity index (χ2n) is 2.34. The van der Waals surface area contributed by atoms with Crippen LogP contribution in [0, 0.1) is 0 Å². The number of urea groups is 1. The number of hydrogen-bond acceptors (Lipinski definition) is 2. The van der Waals surface area contributed by atoms with Crippen LogP contribution in [0.5, 0.6) is 0 Å². The summed E-state index contributed by atoms with van der Waals surface area (Å²) < 4.78 is 0. The van der Waals surface area contributed by atoms with Crippen molar-refractivity contribution in [2.45, 2.75) is 0 Å². The van der Waals surface area contributed by atoms with Gasteiger partial charge in [-0.3, -0.25) is 10.3 Å². The van der Waals surface area contributed by atoms with Crippen molar-refractivity contribution in [3.63, 3.8) is 0 Å². The summed E-state index contributed by atoms with van der Waals surface area (Å²) in [6.45, 7) is 0. The van der Waals surface area contributed by atoms with Gasteiger partial charge in [0.25, 0.3) is 0 Å². The number of nitrogens with zero attached hydrogens (tertiary/aromatic N) is 1. The lowest BCUT2D eigenvalue weighted by molar-refractivity contribution is 0.247. The Morgan fingerprint density at radius 1 is 1.42 bits per heavy atom. The number of nitrogens with one attached hydrogen (secondary N) is 1. The van der Waals surface area contributed by atoms with Gasteiger partial charge in [-0.15, -0.1) is 0 Å². The van der Waals surface area contributed by atoms with E-state index in [1.807, 2.05) is 30.3 Å². The van der Waals surface area contributed by atoms with Crippen LogP contribution >= 0.6 is 0 Å². The monoisotopic (exact) mass is 165 g/mol. The highest BCUT2D eigenvalue weighted by atomic mass is 16.2. The Morgan fingerprint density at radius 3 is 2.50 bits per heavy atom. The standard InChI is InChI=1S/C8H11N3O/c1-11(8(12)10-9)7-5-3-2-4-6-7/h2-6H,9H2,1H3,(H,10,12). The Balaban J connectivity index is 2.78. The first kappa shape index (κ1) is 8.55. The normalized spacial score (nSPS) is 9.17. The van der Waals surface area contributed by atoms with Crippen LogP contribution in [0.1, 0.15) is 0 Å². The molecule has 0 aromatic heterocycles. The van der Waals surface area contributed by atoms with Crippen molar-refractivity contribution in [3.8, 4) is 0 Å². The third-order valence-corrected chi connectivity index (χ3v) is 1.57. The Bertz CT molecular complexity index is 260. The van der Waals surface area contributed by atoms with E-state index >= 15 is 0 Å². The summed E-state index contributed by atoms with van der Waals surface area (Å²) in [5, 5.41) is 0. The molecule has 1 aromatic rings. The average Bonchev–Trinajstić information content (AvgIpc) is 2.17. The number of amides is 2. The number of benzene rings is 1. The molecule has 0 saturated carbocycles. The fraction of sp³-hybridized carbons (Fsp3) is 0.125. The lowest BCUT2D eigenvalue weighted by Crippen LogP contribution is -2.41. The molecule has 2 amide bonds. The van der Waals surface area contributed by atoms with E-state index in [9.17, 15) is 4.79 Å². The summed E-state index contributed by atoms with van der Waals surface area (Å²) in [6.07, 6.45) is 0. The fourth-order valence-corrected chi connectivity index (χ4v) is 0.866. The molecule has 0 aliphatic carbocycles. The summed E-state index contributed by atoms with van der Waals surface area (Å²) in [4.78, 5) is 12.4. The van der Waals surface area contributed by atoms with Gasteiger partial charge in [-0.2, -0.15) is 0 Å². The van der Waals surface area contributed by atoms with E-state index < -0.39 is 0 Å². The molecule has 3 N–H and O–H groups in total. The van der Waals surface area contributed by atoms with E-state index in [0.29, 0.717) is 0 Å².